The van der Waals surface area contributed by atoms with Gasteiger partial charge in [-0.25, -0.2) is 0 Å². The molecule has 0 aliphatic carbocycles. The van der Waals surface area contributed by atoms with Crippen LogP contribution < -0.4 is 20.1 Å². The maximum atomic E-state index is 5.96. The molecule has 0 bridgehead atoms. The van der Waals surface area contributed by atoms with Gasteiger partial charge < -0.3 is 20.1 Å². The molecule has 0 spiro atoms. The van der Waals surface area contributed by atoms with E-state index in [0.29, 0.717) is 12.6 Å². The van der Waals surface area contributed by atoms with Crippen LogP contribution in [0.5, 0.6) is 11.5 Å². The highest BCUT2D eigenvalue weighted by molar-refractivity contribution is 5.43. The van der Waals surface area contributed by atoms with Crippen LogP contribution in [0, 0.1) is 0 Å². The number of benzene rings is 2. The van der Waals surface area contributed by atoms with E-state index >= 15 is 0 Å². The molecule has 0 amide bonds. The van der Waals surface area contributed by atoms with Gasteiger partial charge in [-0.15, -0.1) is 0 Å². The Bertz CT molecular complexity index is 755. The van der Waals surface area contributed by atoms with Gasteiger partial charge in [-0.3, -0.25) is 0 Å². The first-order valence-corrected chi connectivity index (χ1v) is 10.1. The normalized spacial score (nSPS) is 18.6. The van der Waals surface area contributed by atoms with Crippen molar-refractivity contribution < 1.29 is 9.47 Å². The van der Waals surface area contributed by atoms with Gasteiger partial charge in [0.05, 0.1) is 7.11 Å². The average Bonchev–Trinajstić information content (AvgIpc) is 2.63. The lowest BCUT2D eigenvalue weighted by Crippen LogP contribution is -2.61. The lowest BCUT2D eigenvalue weighted by atomic mass is 9.79. The molecule has 4 heteroatoms. The van der Waals surface area contributed by atoms with E-state index in [0.717, 1.165) is 36.4 Å². The molecule has 4 nitrogen and oxygen atoms in total. The fraction of sp³-hybridized carbons (Fsp3) is 0.500. The van der Waals surface area contributed by atoms with Crippen molar-refractivity contribution in [3.05, 3.63) is 59.7 Å². The van der Waals surface area contributed by atoms with Gasteiger partial charge in [0.15, 0.2) is 11.5 Å². The van der Waals surface area contributed by atoms with Crippen molar-refractivity contribution in [1.29, 1.82) is 0 Å². The molecular weight excluding hydrogens is 348 g/mol. The number of hydrogen-bond donors (Lipinski definition) is 2. The summed E-state index contributed by atoms with van der Waals surface area (Å²) in [5.74, 6) is 1.56. The summed E-state index contributed by atoms with van der Waals surface area (Å²) in [6.07, 6.45) is 2.23. The predicted octanol–water partition coefficient (Wildman–Crippen LogP) is 4.67. The first-order chi connectivity index (χ1) is 13.3. The van der Waals surface area contributed by atoms with Crippen LogP contribution in [0.3, 0.4) is 0 Å². The van der Waals surface area contributed by atoms with Gasteiger partial charge in [-0.1, -0.05) is 36.4 Å². The number of methoxy groups -OCH3 is 1. The molecule has 0 radical (unpaired) electrons. The highest BCUT2D eigenvalue weighted by Gasteiger charge is 2.37. The van der Waals surface area contributed by atoms with Gasteiger partial charge in [0, 0.05) is 23.7 Å². The van der Waals surface area contributed by atoms with Crippen LogP contribution in [-0.4, -0.2) is 24.2 Å². The number of hydrogen-bond acceptors (Lipinski definition) is 4. The first kappa shape index (κ1) is 20.7. The quantitative estimate of drug-likeness (QED) is 0.730. The summed E-state index contributed by atoms with van der Waals surface area (Å²) in [6.45, 7) is 10.5. The summed E-state index contributed by atoms with van der Waals surface area (Å²) in [5, 5.41) is 7.48. The largest absolute Gasteiger partial charge is 0.493 e. The molecule has 0 unspecified atom stereocenters. The topological polar surface area (TPSA) is 42.5 Å². The maximum Gasteiger partial charge on any atom is 0.161 e. The first-order valence-electron chi connectivity index (χ1n) is 10.1. The molecule has 1 aliphatic heterocycles. The van der Waals surface area contributed by atoms with Gasteiger partial charge in [-0.05, 0) is 63.8 Å². The highest BCUT2D eigenvalue weighted by atomic mass is 16.5. The Morgan fingerprint density at radius 2 is 1.61 bits per heavy atom. The molecule has 1 aliphatic rings. The molecule has 152 valence electrons. The minimum absolute atomic E-state index is 0.145. The molecule has 2 aromatic carbocycles. The molecule has 0 atom stereocenters. The third kappa shape index (κ3) is 5.73. The molecule has 1 saturated heterocycles. The molecule has 28 heavy (non-hydrogen) atoms. The van der Waals surface area contributed by atoms with Crippen LogP contribution in [0.15, 0.2) is 48.5 Å². The van der Waals surface area contributed by atoms with Crippen molar-refractivity contribution in [1.82, 2.24) is 10.6 Å². The summed E-state index contributed by atoms with van der Waals surface area (Å²) < 4.78 is 11.5. The summed E-state index contributed by atoms with van der Waals surface area (Å²) >= 11 is 0. The lowest BCUT2D eigenvalue weighted by molar-refractivity contribution is 0.145. The van der Waals surface area contributed by atoms with E-state index < -0.39 is 0 Å². The van der Waals surface area contributed by atoms with Gasteiger partial charge in [-0.2, -0.15) is 0 Å². The van der Waals surface area contributed by atoms with E-state index in [9.17, 15) is 0 Å². The second kappa shape index (κ2) is 8.54. The Labute approximate surface area is 169 Å². The Kier molecular flexibility index (Phi) is 6.31. The van der Waals surface area contributed by atoms with Crippen LogP contribution in [-0.2, 0) is 13.2 Å². The highest BCUT2D eigenvalue weighted by Crippen LogP contribution is 2.31. The van der Waals surface area contributed by atoms with E-state index in [-0.39, 0.29) is 11.1 Å². The van der Waals surface area contributed by atoms with Gasteiger partial charge in [0.1, 0.15) is 6.61 Å². The zero-order valence-electron chi connectivity index (χ0n) is 17.8. The Morgan fingerprint density at radius 3 is 2.25 bits per heavy atom. The van der Waals surface area contributed by atoms with Crippen molar-refractivity contribution in [3.63, 3.8) is 0 Å². The molecule has 0 aromatic heterocycles. The fourth-order valence-electron chi connectivity index (χ4n) is 4.41. The molecule has 0 saturated carbocycles. The van der Waals surface area contributed by atoms with Crippen LogP contribution in [0.1, 0.15) is 51.7 Å². The van der Waals surface area contributed by atoms with E-state index in [2.05, 4.69) is 62.6 Å². The van der Waals surface area contributed by atoms with Crippen LogP contribution in [0.4, 0.5) is 0 Å². The molecule has 1 fully saturated rings. The number of nitrogens with one attached hydrogen (secondary N) is 2. The number of piperidine rings is 1. The molecule has 2 aromatic rings. The smallest absolute Gasteiger partial charge is 0.161 e. The Morgan fingerprint density at radius 1 is 0.929 bits per heavy atom. The SMILES string of the molecule is COc1cc(CNC2CC(C)(C)NC(C)(C)C2)ccc1OCc1ccccc1. The van der Waals surface area contributed by atoms with Crippen molar-refractivity contribution in [3.8, 4) is 11.5 Å². The van der Waals surface area contributed by atoms with Crippen molar-refractivity contribution in [2.24, 2.45) is 0 Å². The Balaban J connectivity index is 1.60. The van der Waals surface area contributed by atoms with Crippen molar-refractivity contribution in [2.45, 2.75) is 70.8 Å². The monoisotopic (exact) mass is 382 g/mol. The molecular formula is C24H34N2O2. The van der Waals surface area contributed by atoms with E-state index in [1.54, 1.807) is 7.11 Å². The summed E-state index contributed by atoms with van der Waals surface area (Å²) in [7, 11) is 1.69. The maximum absolute atomic E-state index is 5.96. The number of rotatable bonds is 7. The van der Waals surface area contributed by atoms with E-state index in [1.165, 1.54) is 5.56 Å². The fourth-order valence-corrected chi connectivity index (χ4v) is 4.41. The van der Waals surface area contributed by atoms with Gasteiger partial charge >= 0.3 is 0 Å². The Hall–Kier alpha value is -2.04. The second-order valence-corrected chi connectivity index (χ2v) is 9.14. The van der Waals surface area contributed by atoms with Crippen molar-refractivity contribution >= 4 is 0 Å². The summed E-state index contributed by atoms with van der Waals surface area (Å²) in [4.78, 5) is 0. The van der Waals surface area contributed by atoms with E-state index in [1.807, 2.05) is 24.3 Å². The van der Waals surface area contributed by atoms with Gasteiger partial charge in [0.2, 0.25) is 0 Å². The zero-order chi connectivity index (χ0) is 20.2. The van der Waals surface area contributed by atoms with Crippen LogP contribution >= 0.6 is 0 Å². The molecule has 1 heterocycles. The number of ether oxygens (including phenoxy) is 2. The third-order valence-corrected chi connectivity index (χ3v) is 5.25. The molecule has 3 rings (SSSR count). The predicted molar refractivity (Wildman–Crippen MR) is 115 cm³/mol. The minimum Gasteiger partial charge on any atom is -0.493 e. The summed E-state index contributed by atoms with van der Waals surface area (Å²) in [6, 6.07) is 16.9. The average molecular weight is 383 g/mol. The standard InChI is InChI=1S/C24H34N2O2/c1-23(2)14-20(15-24(3,4)26-23)25-16-19-11-12-21(22(13-19)27-5)28-17-18-9-7-6-8-10-18/h6-13,20,25-26H,14-17H2,1-5H3. The molecule has 2 N–H and O–H groups in total. The minimum atomic E-state index is 0.145. The zero-order valence-corrected chi connectivity index (χ0v) is 17.8. The third-order valence-electron chi connectivity index (χ3n) is 5.25. The second-order valence-electron chi connectivity index (χ2n) is 9.14. The lowest BCUT2D eigenvalue weighted by Gasteiger charge is -2.46. The summed E-state index contributed by atoms with van der Waals surface area (Å²) in [5.41, 5.74) is 2.64. The van der Waals surface area contributed by atoms with Crippen LogP contribution in [0.2, 0.25) is 0 Å². The van der Waals surface area contributed by atoms with E-state index in [4.69, 9.17) is 9.47 Å². The van der Waals surface area contributed by atoms with Crippen LogP contribution in [0.25, 0.3) is 0 Å². The van der Waals surface area contributed by atoms with Gasteiger partial charge in [0.25, 0.3) is 0 Å². The van der Waals surface area contributed by atoms with Crippen molar-refractivity contribution in [2.75, 3.05) is 7.11 Å².